The number of imidazole rings is 1. The van der Waals surface area contributed by atoms with Crippen molar-refractivity contribution in [1.29, 1.82) is 0 Å². The third-order valence-electron chi connectivity index (χ3n) is 4.40. The second-order valence-corrected chi connectivity index (χ2v) is 9.00. The fourth-order valence-corrected chi connectivity index (χ4v) is 4.48. The molecule has 4 rings (SSSR count). The number of primary sulfonamides is 1. The van der Waals surface area contributed by atoms with E-state index in [9.17, 15) is 18.5 Å². The van der Waals surface area contributed by atoms with Gasteiger partial charge < -0.3 is 4.57 Å². The first kappa shape index (κ1) is 18.7. The van der Waals surface area contributed by atoms with E-state index in [2.05, 4.69) is 9.55 Å². The second-order valence-electron chi connectivity index (χ2n) is 6.43. The predicted molar refractivity (Wildman–Crippen MR) is 105 cm³/mol. The molecule has 1 saturated carbocycles. The van der Waals surface area contributed by atoms with Gasteiger partial charge in [0.05, 0.1) is 26.6 Å². The van der Waals surface area contributed by atoms with Crippen LogP contribution in [-0.2, 0) is 10.0 Å². The van der Waals surface area contributed by atoms with Crippen molar-refractivity contribution in [2.75, 3.05) is 0 Å². The molecule has 1 aromatic heterocycles. The number of aromatic nitrogens is 2. The van der Waals surface area contributed by atoms with Crippen molar-refractivity contribution in [3.63, 3.8) is 0 Å². The van der Waals surface area contributed by atoms with Gasteiger partial charge in [0.25, 0.3) is 5.69 Å². The van der Waals surface area contributed by atoms with Gasteiger partial charge in [-0.05, 0) is 42.3 Å². The lowest BCUT2D eigenvalue weighted by atomic mass is 10.2. The molecule has 28 heavy (non-hydrogen) atoms. The summed E-state index contributed by atoms with van der Waals surface area (Å²) in [6, 6.07) is 13.8. The van der Waals surface area contributed by atoms with E-state index >= 15 is 0 Å². The lowest BCUT2D eigenvalue weighted by Crippen LogP contribution is -2.12. The summed E-state index contributed by atoms with van der Waals surface area (Å²) < 4.78 is 25.1. The van der Waals surface area contributed by atoms with E-state index in [0.29, 0.717) is 16.1 Å². The average molecular weight is 416 g/mol. The van der Waals surface area contributed by atoms with Gasteiger partial charge in [-0.1, -0.05) is 30.3 Å². The lowest BCUT2D eigenvalue weighted by molar-refractivity contribution is -0.388. The summed E-state index contributed by atoms with van der Waals surface area (Å²) in [5, 5.41) is 17.2. The predicted octanol–water partition coefficient (Wildman–Crippen LogP) is 3.59. The van der Waals surface area contributed by atoms with Crippen LogP contribution in [0.2, 0.25) is 0 Å². The Bertz CT molecular complexity index is 1160. The van der Waals surface area contributed by atoms with Gasteiger partial charge >= 0.3 is 0 Å². The monoisotopic (exact) mass is 416 g/mol. The molecule has 1 heterocycles. The van der Waals surface area contributed by atoms with Crippen molar-refractivity contribution in [3.05, 3.63) is 64.8 Å². The Balaban J connectivity index is 1.76. The molecular weight excluding hydrogens is 400 g/mol. The number of nitrogens with two attached hydrogens (primary N) is 1. The molecule has 2 aromatic carbocycles. The quantitative estimate of drug-likeness (QED) is 0.484. The molecule has 0 aliphatic heterocycles. The van der Waals surface area contributed by atoms with Gasteiger partial charge in [-0.15, -0.1) is 0 Å². The van der Waals surface area contributed by atoms with Crippen molar-refractivity contribution in [2.24, 2.45) is 5.14 Å². The fourth-order valence-electron chi connectivity index (χ4n) is 2.93. The van der Waals surface area contributed by atoms with E-state index < -0.39 is 14.9 Å². The van der Waals surface area contributed by atoms with Gasteiger partial charge in [0.15, 0.2) is 5.16 Å². The highest BCUT2D eigenvalue weighted by Crippen LogP contribution is 2.44. The van der Waals surface area contributed by atoms with Crippen molar-refractivity contribution < 1.29 is 13.3 Å². The molecule has 0 unspecified atom stereocenters. The van der Waals surface area contributed by atoms with E-state index in [1.807, 2.05) is 30.3 Å². The molecule has 1 aliphatic rings. The van der Waals surface area contributed by atoms with E-state index in [-0.39, 0.29) is 10.6 Å². The maximum atomic E-state index is 11.5. The smallest absolute Gasteiger partial charge is 0.284 e. The highest BCUT2D eigenvalue weighted by Gasteiger charge is 2.30. The molecule has 0 saturated heterocycles. The normalized spacial score (nSPS) is 14.2. The van der Waals surface area contributed by atoms with Crippen LogP contribution in [0.1, 0.15) is 18.9 Å². The maximum absolute atomic E-state index is 11.5. The van der Waals surface area contributed by atoms with Crippen LogP contribution in [0, 0.1) is 10.1 Å². The zero-order valence-electron chi connectivity index (χ0n) is 14.6. The Kier molecular flexibility index (Phi) is 4.69. The van der Waals surface area contributed by atoms with Crippen LogP contribution in [0.5, 0.6) is 0 Å². The lowest BCUT2D eigenvalue weighted by Gasteiger charge is -2.11. The van der Waals surface area contributed by atoms with Crippen LogP contribution < -0.4 is 5.14 Å². The second kappa shape index (κ2) is 7.04. The van der Waals surface area contributed by atoms with Crippen molar-refractivity contribution in [2.45, 2.75) is 33.8 Å². The van der Waals surface area contributed by atoms with Crippen molar-refractivity contribution in [3.8, 4) is 11.3 Å². The molecule has 0 bridgehead atoms. The average Bonchev–Trinajstić information content (AvgIpc) is 3.42. The first-order valence-electron chi connectivity index (χ1n) is 8.46. The van der Waals surface area contributed by atoms with Gasteiger partial charge in [-0.2, -0.15) is 0 Å². The van der Waals surface area contributed by atoms with Gasteiger partial charge in [-0.25, -0.2) is 18.5 Å². The first-order valence-corrected chi connectivity index (χ1v) is 10.8. The summed E-state index contributed by atoms with van der Waals surface area (Å²) in [7, 11) is -4.03. The zero-order valence-corrected chi connectivity index (χ0v) is 16.2. The summed E-state index contributed by atoms with van der Waals surface area (Å²) in [6.07, 6.45) is 3.81. The minimum atomic E-state index is -4.03. The number of hydrogen-bond acceptors (Lipinski definition) is 6. The molecule has 1 aliphatic carbocycles. The van der Waals surface area contributed by atoms with E-state index in [0.717, 1.165) is 41.9 Å². The molecule has 8 nitrogen and oxygen atoms in total. The highest BCUT2D eigenvalue weighted by atomic mass is 32.2. The summed E-state index contributed by atoms with van der Waals surface area (Å²) in [5.41, 5.74) is 1.66. The number of nitrogens with zero attached hydrogens (tertiary/aromatic N) is 3. The van der Waals surface area contributed by atoms with Gasteiger partial charge in [0, 0.05) is 12.1 Å². The number of sulfonamides is 1. The molecule has 1 fully saturated rings. The fraction of sp³-hybridized carbons (Fsp3) is 0.167. The molecule has 0 atom stereocenters. The SMILES string of the molecule is NS(=O)(=O)c1ccc(Sc2ncc(-c3ccccc3)n2C2CC2)c([N+](=O)[O-])c1. The Morgan fingerprint density at radius 2 is 1.89 bits per heavy atom. The van der Waals surface area contributed by atoms with E-state index in [1.54, 1.807) is 6.20 Å². The number of nitro benzene ring substituents is 1. The Hall–Kier alpha value is -2.69. The Labute approximate surface area is 165 Å². The van der Waals surface area contributed by atoms with Crippen LogP contribution in [0.3, 0.4) is 0 Å². The maximum Gasteiger partial charge on any atom is 0.284 e. The number of nitro groups is 1. The summed E-state index contributed by atoms with van der Waals surface area (Å²) in [4.78, 5) is 15.4. The summed E-state index contributed by atoms with van der Waals surface area (Å²) in [6.45, 7) is 0. The van der Waals surface area contributed by atoms with Crippen LogP contribution >= 0.6 is 11.8 Å². The van der Waals surface area contributed by atoms with Gasteiger partial charge in [-0.3, -0.25) is 10.1 Å². The Morgan fingerprint density at radius 3 is 2.50 bits per heavy atom. The third kappa shape index (κ3) is 3.66. The largest absolute Gasteiger partial charge is 0.316 e. The number of benzene rings is 2. The minimum absolute atomic E-state index is 0.293. The zero-order chi connectivity index (χ0) is 19.9. The van der Waals surface area contributed by atoms with Crippen LogP contribution in [0.4, 0.5) is 5.69 Å². The van der Waals surface area contributed by atoms with E-state index in [4.69, 9.17) is 5.14 Å². The molecule has 0 radical (unpaired) electrons. The van der Waals surface area contributed by atoms with Crippen LogP contribution in [0.15, 0.2) is 69.7 Å². The molecule has 10 heteroatoms. The molecule has 0 spiro atoms. The first-order chi connectivity index (χ1) is 13.3. The van der Waals surface area contributed by atoms with Crippen molar-refractivity contribution >= 4 is 27.5 Å². The Morgan fingerprint density at radius 1 is 1.18 bits per heavy atom. The molecule has 3 aromatic rings. The summed E-state index contributed by atoms with van der Waals surface area (Å²) >= 11 is 1.15. The van der Waals surface area contributed by atoms with Crippen LogP contribution in [0.25, 0.3) is 11.3 Å². The highest BCUT2D eigenvalue weighted by molar-refractivity contribution is 7.99. The number of rotatable bonds is 6. The molecule has 0 amide bonds. The van der Waals surface area contributed by atoms with Crippen molar-refractivity contribution in [1.82, 2.24) is 9.55 Å². The van der Waals surface area contributed by atoms with Gasteiger partial charge in [0.2, 0.25) is 10.0 Å². The molecule has 144 valence electrons. The topological polar surface area (TPSA) is 121 Å². The van der Waals surface area contributed by atoms with E-state index in [1.165, 1.54) is 12.1 Å². The third-order valence-corrected chi connectivity index (χ3v) is 6.36. The summed E-state index contributed by atoms with van der Waals surface area (Å²) in [5.74, 6) is 0. The van der Waals surface area contributed by atoms with Gasteiger partial charge in [0.1, 0.15) is 0 Å². The van der Waals surface area contributed by atoms with Crippen LogP contribution in [-0.4, -0.2) is 22.9 Å². The number of hydrogen-bond donors (Lipinski definition) is 1. The molecular formula is C18H16N4O4S2. The standard InChI is InChI=1S/C18H16N4O4S2/c19-28(25,26)14-8-9-17(15(10-14)22(23)24)27-18-20-11-16(21(18)13-6-7-13)12-4-2-1-3-5-12/h1-5,8-11,13H,6-7H2,(H2,19,25,26). The molecule has 2 N–H and O–H groups in total. The minimum Gasteiger partial charge on any atom is -0.316 e.